The minimum Gasteiger partial charge on any atom is -0.465 e. The van der Waals surface area contributed by atoms with E-state index in [0.717, 1.165) is 19.2 Å². The van der Waals surface area contributed by atoms with Gasteiger partial charge in [0, 0.05) is 18.6 Å². The first kappa shape index (κ1) is 19.1. The summed E-state index contributed by atoms with van der Waals surface area (Å²) in [6.07, 6.45) is -2.87. The molecule has 6 nitrogen and oxygen atoms in total. The predicted octanol–water partition coefficient (Wildman–Crippen LogP) is 2.01. The van der Waals surface area contributed by atoms with Crippen LogP contribution in [-0.2, 0) is 20.9 Å². The molecule has 0 amide bonds. The molecule has 144 valence electrons. The van der Waals surface area contributed by atoms with Gasteiger partial charge in [-0.25, -0.2) is 13.2 Å². The summed E-state index contributed by atoms with van der Waals surface area (Å²) in [5.41, 5.74) is -2.02. The summed E-state index contributed by atoms with van der Waals surface area (Å²) in [5.74, 6) is -1.17. The predicted molar refractivity (Wildman–Crippen MR) is 86.1 cm³/mol. The van der Waals surface area contributed by atoms with Crippen LogP contribution >= 0.6 is 0 Å². The average molecular weight is 392 g/mol. The van der Waals surface area contributed by atoms with Gasteiger partial charge in [0.05, 0.1) is 23.1 Å². The summed E-state index contributed by atoms with van der Waals surface area (Å²) < 4.78 is 71.9. The Labute approximate surface area is 149 Å². The number of carbonyl (C=O) groups is 1. The first-order chi connectivity index (χ1) is 12.2. The molecule has 1 aromatic rings. The van der Waals surface area contributed by atoms with E-state index in [1.807, 2.05) is 0 Å². The summed E-state index contributed by atoms with van der Waals surface area (Å²) in [7, 11) is -3.14. The monoisotopic (exact) mass is 392 g/mol. The van der Waals surface area contributed by atoms with E-state index in [1.54, 1.807) is 0 Å². The molecule has 1 N–H and O–H groups in total. The van der Waals surface area contributed by atoms with E-state index in [9.17, 15) is 26.4 Å². The number of rotatable bonds is 5. The smallest absolute Gasteiger partial charge is 0.417 e. The average Bonchev–Trinajstić information content (AvgIpc) is 3.26. The third-order valence-electron chi connectivity index (χ3n) is 4.58. The molecular weight excluding hydrogens is 373 g/mol. The number of nitrogens with one attached hydrogen (secondary N) is 1. The molecule has 1 saturated carbocycles. The summed E-state index contributed by atoms with van der Waals surface area (Å²) in [6, 6.07) is 1.97. The van der Waals surface area contributed by atoms with Gasteiger partial charge in [0.15, 0.2) is 0 Å². The normalized spacial score (nSPS) is 21.2. The molecule has 3 rings (SSSR count). The van der Waals surface area contributed by atoms with Gasteiger partial charge in [-0.1, -0.05) is 0 Å². The van der Waals surface area contributed by atoms with E-state index in [4.69, 9.17) is 0 Å². The van der Waals surface area contributed by atoms with Crippen LogP contribution in [0, 0.1) is 0 Å². The van der Waals surface area contributed by atoms with Crippen LogP contribution in [0.15, 0.2) is 23.1 Å². The molecule has 26 heavy (non-hydrogen) atoms. The minimum atomic E-state index is -4.88. The van der Waals surface area contributed by atoms with Crippen LogP contribution in [0.5, 0.6) is 0 Å². The topological polar surface area (TPSA) is 75.7 Å². The van der Waals surface area contributed by atoms with E-state index < -0.39 is 38.2 Å². The number of esters is 1. The number of methoxy groups -OCH3 is 1. The van der Waals surface area contributed by atoms with E-state index in [0.29, 0.717) is 38.4 Å². The highest BCUT2D eigenvalue weighted by molar-refractivity contribution is 7.89. The maximum Gasteiger partial charge on any atom is 0.417 e. The Hall–Kier alpha value is -1.65. The van der Waals surface area contributed by atoms with Crippen molar-refractivity contribution >= 4 is 16.0 Å². The van der Waals surface area contributed by atoms with Crippen molar-refractivity contribution in [2.45, 2.75) is 42.4 Å². The number of sulfonamides is 1. The molecule has 1 saturated heterocycles. The molecule has 0 aromatic heterocycles. The maximum absolute atomic E-state index is 13.4. The number of hydrogen-bond acceptors (Lipinski definition) is 5. The lowest BCUT2D eigenvalue weighted by Gasteiger charge is -2.28. The Bertz CT molecular complexity index is 800. The van der Waals surface area contributed by atoms with Crippen LogP contribution in [-0.4, -0.2) is 51.0 Å². The standard InChI is InChI=1S/C16H19F3N2O4S/c1-25-15(22)13-5-4-12(8-14(13)16(17,18)19)26(23,24)21(10-2-3-10)11-6-7-20-9-11/h4-5,8,10-11,20H,2-3,6-7,9H2,1H3. The Balaban J connectivity index is 2.05. The quantitative estimate of drug-likeness (QED) is 0.776. The van der Waals surface area contributed by atoms with Crippen LogP contribution in [0.25, 0.3) is 0 Å². The zero-order chi connectivity index (χ0) is 19.1. The van der Waals surface area contributed by atoms with Gasteiger partial charge in [-0.3, -0.25) is 0 Å². The highest BCUT2D eigenvalue weighted by Crippen LogP contribution is 2.38. The third-order valence-corrected chi connectivity index (χ3v) is 6.58. The lowest BCUT2D eigenvalue weighted by atomic mass is 10.1. The van der Waals surface area contributed by atoms with Crippen LogP contribution in [0.2, 0.25) is 0 Å². The van der Waals surface area contributed by atoms with Crippen LogP contribution < -0.4 is 5.32 Å². The maximum atomic E-state index is 13.4. The van der Waals surface area contributed by atoms with Gasteiger partial charge in [0.1, 0.15) is 0 Å². The summed E-state index contributed by atoms with van der Waals surface area (Å²) >= 11 is 0. The lowest BCUT2D eigenvalue weighted by molar-refractivity contribution is -0.138. The molecular formula is C16H19F3N2O4S. The molecule has 1 aromatic carbocycles. The Kier molecular flexibility index (Phi) is 5.02. The zero-order valence-electron chi connectivity index (χ0n) is 14.0. The van der Waals surface area contributed by atoms with Gasteiger partial charge in [-0.2, -0.15) is 17.5 Å². The second kappa shape index (κ2) is 6.82. The van der Waals surface area contributed by atoms with Crippen LogP contribution in [0.3, 0.4) is 0 Å². The Morgan fingerprint density at radius 1 is 1.23 bits per heavy atom. The van der Waals surface area contributed by atoms with Gasteiger partial charge in [-0.05, 0) is 44.0 Å². The van der Waals surface area contributed by atoms with Crippen molar-refractivity contribution in [2.24, 2.45) is 0 Å². The molecule has 0 radical (unpaired) electrons. The fraction of sp³-hybridized carbons (Fsp3) is 0.562. The van der Waals surface area contributed by atoms with Crippen molar-refractivity contribution in [3.8, 4) is 0 Å². The molecule has 2 aliphatic rings. The second-order valence-electron chi connectivity index (χ2n) is 6.41. The number of halogens is 3. The van der Waals surface area contributed by atoms with Crippen molar-refractivity contribution in [3.63, 3.8) is 0 Å². The molecule has 0 bridgehead atoms. The third kappa shape index (κ3) is 3.58. The number of alkyl halides is 3. The molecule has 1 unspecified atom stereocenters. The van der Waals surface area contributed by atoms with Gasteiger partial charge in [0.2, 0.25) is 10.0 Å². The lowest BCUT2D eigenvalue weighted by Crippen LogP contribution is -2.43. The van der Waals surface area contributed by atoms with E-state index in [2.05, 4.69) is 10.1 Å². The fourth-order valence-electron chi connectivity index (χ4n) is 3.20. The van der Waals surface area contributed by atoms with Gasteiger partial charge in [0.25, 0.3) is 0 Å². The SMILES string of the molecule is COC(=O)c1ccc(S(=O)(=O)N(C2CC2)C2CCNC2)cc1C(F)(F)F. The van der Waals surface area contributed by atoms with Crippen LogP contribution in [0.4, 0.5) is 13.2 Å². The first-order valence-corrected chi connectivity index (χ1v) is 9.64. The molecule has 10 heteroatoms. The van der Waals surface area contributed by atoms with Crippen molar-refractivity contribution in [2.75, 3.05) is 20.2 Å². The largest absolute Gasteiger partial charge is 0.465 e. The molecule has 2 fully saturated rings. The second-order valence-corrected chi connectivity index (χ2v) is 8.25. The number of carbonyl (C=O) groups excluding carboxylic acids is 1. The van der Waals surface area contributed by atoms with Gasteiger partial charge >= 0.3 is 12.1 Å². The van der Waals surface area contributed by atoms with Gasteiger partial charge in [-0.15, -0.1) is 0 Å². The Morgan fingerprint density at radius 3 is 2.42 bits per heavy atom. The van der Waals surface area contributed by atoms with Crippen molar-refractivity contribution in [3.05, 3.63) is 29.3 Å². The van der Waals surface area contributed by atoms with Gasteiger partial charge < -0.3 is 10.1 Å². The summed E-state index contributed by atoms with van der Waals surface area (Å²) in [4.78, 5) is 11.2. The number of benzene rings is 1. The van der Waals surface area contributed by atoms with E-state index in [-0.39, 0.29) is 12.1 Å². The van der Waals surface area contributed by atoms with Crippen molar-refractivity contribution < 1.29 is 31.1 Å². The molecule has 1 aliphatic heterocycles. The molecule has 1 heterocycles. The van der Waals surface area contributed by atoms with Crippen molar-refractivity contribution in [1.29, 1.82) is 0 Å². The summed E-state index contributed by atoms with van der Waals surface area (Å²) in [5, 5.41) is 3.08. The molecule has 1 atom stereocenters. The number of hydrogen-bond donors (Lipinski definition) is 1. The van der Waals surface area contributed by atoms with Crippen molar-refractivity contribution in [1.82, 2.24) is 9.62 Å². The summed E-state index contributed by atoms with van der Waals surface area (Å²) in [6.45, 7) is 1.14. The molecule has 1 aliphatic carbocycles. The van der Waals surface area contributed by atoms with Crippen LogP contribution in [0.1, 0.15) is 35.2 Å². The minimum absolute atomic E-state index is 0.181. The fourth-order valence-corrected chi connectivity index (χ4v) is 5.13. The van der Waals surface area contributed by atoms with E-state index in [1.165, 1.54) is 4.31 Å². The Morgan fingerprint density at radius 2 is 1.92 bits per heavy atom. The zero-order valence-corrected chi connectivity index (χ0v) is 14.9. The number of nitrogens with zero attached hydrogens (tertiary/aromatic N) is 1. The number of ether oxygens (including phenoxy) is 1. The first-order valence-electron chi connectivity index (χ1n) is 8.20. The highest BCUT2D eigenvalue weighted by atomic mass is 32.2. The van der Waals surface area contributed by atoms with E-state index >= 15 is 0 Å². The molecule has 0 spiro atoms. The highest BCUT2D eigenvalue weighted by Gasteiger charge is 2.44.